The van der Waals surface area contributed by atoms with Crippen LogP contribution >= 0.6 is 0 Å². The number of carboxylic acids is 1. The Morgan fingerprint density at radius 2 is 1.51 bits per heavy atom. The summed E-state index contributed by atoms with van der Waals surface area (Å²) in [6.45, 7) is 4.62. The molecule has 0 amide bonds. The molecule has 0 aliphatic heterocycles. The van der Waals surface area contributed by atoms with Crippen LogP contribution in [0, 0.1) is 6.92 Å². The first-order valence-electron chi connectivity index (χ1n) is 13.2. The molecule has 1 aliphatic rings. The minimum Gasteiger partial charge on any atom is -0.481 e. The fourth-order valence-corrected chi connectivity index (χ4v) is 5.27. The molecule has 0 spiro atoms. The van der Waals surface area contributed by atoms with Crippen molar-refractivity contribution in [3.05, 3.63) is 96.2 Å². The predicted octanol–water partition coefficient (Wildman–Crippen LogP) is 7.64. The van der Waals surface area contributed by atoms with E-state index in [1.54, 1.807) is 0 Å². The molecule has 0 radical (unpaired) electrons. The van der Waals surface area contributed by atoms with Gasteiger partial charge < -0.3 is 19.1 Å². The lowest BCUT2D eigenvalue weighted by atomic mass is 9.91. The van der Waals surface area contributed by atoms with Crippen molar-refractivity contribution < 1.29 is 18.9 Å². The normalized spacial score (nSPS) is 13.8. The predicted molar refractivity (Wildman–Crippen MR) is 150 cm³/mol. The molecule has 7 heteroatoms. The van der Waals surface area contributed by atoms with Crippen molar-refractivity contribution in [3.63, 3.8) is 0 Å². The third-order valence-electron chi connectivity index (χ3n) is 7.57. The van der Waals surface area contributed by atoms with Crippen molar-refractivity contribution in [1.82, 2.24) is 10.3 Å². The standard InChI is InChI=1S/C32H29N3O4/c1-3-35(28-19-27(34-38-28)24-7-5-4-6-8-24)30-21(2)33-39-31(30)25-11-9-22(10-12-25)23-13-15-26(16-14-23)32(17-18-32)20-29(36)37/h4-16,19H,3,17-18,20H2,1-2H3,(H,36,37). The number of benzene rings is 3. The highest BCUT2D eigenvalue weighted by Crippen LogP contribution is 2.51. The Labute approximate surface area is 226 Å². The third-order valence-corrected chi connectivity index (χ3v) is 7.57. The lowest BCUT2D eigenvalue weighted by Gasteiger charge is -2.19. The van der Waals surface area contributed by atoms with Crippen LogP contribution in [0.2, 0.25) is 0 Å². The Balaban J connectivity index is 1.26. The van der Waals surface area contributed by atoms with Crippen molar-refractivity contribution in [3.8, 4) is 33.7 Å². The highest BCUT2D eigenvalue weighted by Gasteiger charge is 2.45. The molecule has 1 saturated carbocycles. The maximum absolute atomic E-state index is 11.3. The molecule has 0 saturated heterocycles. The summed E-state index contributed by atoms with van der Waals surface area (Å²) in [6, 6.07) is 28.3. The summed E-state index contributed by atoms with van der Waals surface area (Å²) in [5.74, 6) is 0.547. The second-order valence-electron chi connectivity index (χ2n) is 10.1. The summed E-state index contributed by atoms with van der Waals surface area (Å²) in [4.78, 5) is 13.3. The van der Waals surface area contributed by atoms with Crippen LogP contribution in [0.1, 0.15) is 37.4 Å². The smallest absolute Gasteiger partial charge is 0.304 e. The molecular weight excluding hydrogens is 490 g/mol. The van der Waals surface area contributed by atoms with Gasteiger partial charge in [-0.3, -0.25) is 4.79 Å². The summed E-state index contributed by atoms with van der Waals surface area (Å²) < 4.78 is 11.6. The number of aryl methyl sites for hydroxylation is 1. The molecule has 3 aromatic carbocycles. The van der Waals surface area contributed by atoms with Gasteiger partial charge in [-0.05, 0) is 43.4 Å². The molecule has 196 valence electrons. The van der Waals surface area contributed by atoms with E-state index in [4.69, 9.17) is 9.05 Å². The van der Waals surface area contributed by atoms with Crippen LogP contribution in [0.15, 0.2) is 94.0 Å². The third kappa shape index (κ3) is 4.72. The highest BCUT2D eigenvalue weighted by atomic mass is 16.5. The highest BCUT2D eigenvalue weighted by molar-refractivity contribution is 5.81. The zero-order chi connectivity index (χ0) is 27.0. The second kappa shape index (κ2) is 9.91. The quantitative estimate of drug-likeness (QED) is 0.214. The van der Waals surface area contributed by atoms with E-state index in [-0.39, 0.29) is 11.8 Å². The van der Waals surface area contributed by atoms with Gasteiger partial charge in [-0.25, -0.2) is 0 Å². The van der Waals surface area contributed by atoms with E-state index >= 15 is 0 Å². The number of carboxylic acid groups (broad SMARTS) is 1. The molecule has 7 nitrogen and oxygen atoms in total. The first-order valence-corrected chi connectivity index (χ1v) is 13.2. The van der Waals surface area contributed by atoms with Crippen molar-refractivity contribution in [2.45, 2.75) is 38.5 Å². The Morgan fingerprint density at radius 3 is 2.13 bits per heavy atom. The Morgan fingerprint density at radius 1 is 0.872 bits per heavy atom. The summed E-state index contributed by atoms with van der Waals surface area (Å²) in [7, 11) is 0. The summed E-state index contributed by atoms with van der Waals surface area (Å²) in [5, 5.41) is 17.8. The van der Waals surface area contributed by atoms with Crippen LogP contribution in [0.3, 0.4) is 0 Å². The lowest BCUT2D eigenvalue weighted by molar-refractivity contribution is -0.137. The van der Waals surface area contributed by atoms with Gasteiger partial charge in [0.1, 0.15) is 17.1 Å². The Kier molecular flexibility index (Phi) is 6.27. The number of hydrogen-bond donors (Lipinski definition) is 1. The number of aliphatic carboxylic acids is 1. The van der Waals surface area contributed by atoms with Gasteiger partial charge >= 0.3 is 5.97 Å². The van der Waals surface area contributed by atoms with Gasteiger partial charge in [0.15, 0.2) is 5.76 Å². The second-order valence-corrected chi connectivity index (χ2v) is 10.1. The van der Waals surface area contributed by atoms with Crippen molar-refractivity contribution in [1.29, 1.82) is 0 Å². The van der Waals surface area contributed by atoms with Crippen LogP contribution in [0.5, 0.6) is 0 Å². The van der Waals surface area contributed by atoms with Gasteiger partial charge in [0.2, 0.25) is 5.88 Å². The molecule has 2 heterocycles. The molecule has 0 atom stereocenters. The zero-order valence-corrected chi connectivity index (χ0v) is 21.9. The van der Waals surface area contributed by atoms with E-state index in [0.717, 1.165) is 57.7 Å². The fourth-order valence-electron chi connectivity index (χ4n) is 5.27. The molecule has 6 rings (SSSR count). The van der Waals surface area contributed by atoms with Gasteiger partial charge in [-0.2, -0.15) is 0 Å². The largest absolute Gasteiger partial charge is 0.481 e. The molecule has 0 unspecified atom stereocenters. The number of nitrogens with zero attached hydrogens (tertiary/aromatic N) is 3. The van der Waals surface area contributed by atoms with Gasteiger partial charge in [0.05, 0.1) is 6.42 Å². The topological polar surface area (TPSA) is 92.6 Å². The SMILES string of the molecule is CCN(c1cc(-c2ccccc2)no1)c1c(C)noc1-c1ccc(-c2ccc(C3(CC(=O)O)CC3)cc2)cc1. The van der Waals surface area contributed by atoms with Crippen LogP contribution in [0.25, 0.3) is 33.7 Å². The molecule has 2 aromatic heterocycles. The first kappa shape index (κ1) is 24.7. The van der Waals surface area contributed by atoms with Crippen molar-refractivity contribution >= 4 is 17.5 Å². The number of anilines is 2. The average molecular weight is 520 g/mol. The van der Waals surface area contributed by atoms with E-state index in [2.05, 4.69) is 53.6 Å². The maximum atomic E-state index is 11.3. The number of hydrogen-bond acceptors (Lipinski definition) is 6. The van der Waals surface area contributed by atoms with E-state index < -0.39 is 5.97 Å². The number of rotatable bonds is 9. The Hall–Kier alpha value is -4.65. The van der Waals surface area contributed by atoms with Gasteiger partial charge in [-0.1, -0.05) is 89.2 Å². The van der Waals surface area contributed by atoms with Crippen LogP contribution in [-0.2, 0) is 10.2 Å². The molecule has 5 aromatic rings. The molecule has 1 N–H and O–H groups in total. The molecular formula is C32H29N3O4. The van der Waals surface area contributed by atoms with Crippen LogP contribution in [-0.4, -0.2) is 27.9 Å². The minimum absolute atomic E-state index is 0.189. The van der Waals surface area contributed by atoms with Gasteiger partial charge in [-0.15, -0.1) is 0 Å². The minimum atomic E-state index is -0.740. The van der Waals surface area contributed by atoms with Gasteiger partial charge in [0.25, 0.3) is 0 Å². The van der Waals surface area contributed by atoms with Crippen LogP contribution in [0.4, 0.5) is 11.6 Å². The Bertz CT molecular complexity index is 1600. The van der Waals surface area contributed by atoms with E-state index in [1.807, 2.05) is 60.4 Å². The summed E-state index contributed by atoms with van der Waals surface area (Å²) >= 11 is 0. The van der Waals surface area contributed by atoms with Gasteiger partial charge in [0, 0.05) is 29.2 Å². The maximum Gasteiger partial charge on any atom is 0.304 e. The molecule has 1 fully saturated rings. The zero-order valence-electron chi connectivity index (χ0n) is 21.9. The average Bonchev–Trinajstić information content (AvgIpc) is 3.39. The molecule has 1 aliphatic carbocycles. The van der Waals surface area contributed by atoms with Crippen molar-refractivity contribution in [2.24, 2.45) is 0 Å². The lowest BCUT2D eigenvalue weighted by Crippen LogP contribution is -2.16. The molecule has 0 bridgehead atoms. The number of carbonyl (C=O) groups is 1. The first-order chi connectivity index (χ1) is 19.0. The van der Waals surface area contributed by atoms with Crippen LogP contribution < -0.4 is 4.90 Å². The van der Waals surface area contributed by atoms with Crippen molar-refractivity contribution in [2.75, 3.05) is 11.4 Å². The summed E-state index contributed by atoms with van der Waals surface area (Å²) in [6.07, 6.45) is 2.06. The van der Waals surface area contributed by atoms with E-state index in [9.17, 15) is 9.90 Å². The molecule has 39 heavy (non-hydrogen) atoms. The number of aromatic nitrogens is 2. The van der Waals surface area contributed by atoms with E-state index in [1.165, 1.54) is 0 Å². The monoisotopic (exact) mass is 519 g/mol. The van der Waals surface area contributed by atoms with E-state index in [0.29, 0.717) is 18.2 Å². The fraction of sp³-hybridized carbons (Fsp3) is 0.219. The summed E-state index contributed by atoms with van der Waals surface area (Å²) in [5.41, 5.74) is 7.34.